The number of hydrogen-bond acceptors (Lipinski definition) is 4. The SMILES string of the molecule is Cc1cc(NC(=O)c2c(C)c(C(=O)C(=O)N[C@H]3C4CC[C@@]5(O)CC(C4)CC3C5)n(C)c2C)ccc1F. The molecule has 192 valence electrons. The average molecular weight is 496 g/mol. The zero-order valence-corrected chi connectivity index (χ0v) is 21.3. The Kier molecular flexibility index (Phi) is 6.06. The molecule has 0 saturated heterocycles. The summed E-state index contributed by atoms with van der Waals surface area (Å²) in [4.78, 5) is 39.7. The van der Waals surface area contributed by atoms with E-state index >= 15 is 0 Å². The molecule has 4 fully saturated rings. The molecule has 4 bridgehead atoms. The molecule has 8 heteroatoms. The van der Waals surface area contributed by atoms with Gasteiger partial charge in [-0.1, -0.05) is 0 Å². The second-order valence-electron chi connectivity index (χ2n) is 11.3. The summed E-state index contributed by atoms with van der Waals surface area (Å²) < 4.78 is 15.2. The third kappa shape index (κ3) is 4.15. The number of benzene rings is 1. The maximum atomic E-state index is 13.6. The fourth-order valence-corrected chi connectivity index (χ4v) is 7.18. The molecule has 7 nitrogen and oxygen atoms in total. The van der Waals surface area contributed by atoms with Gasteiger partial charge in [0, 0.05) is 24.5 Å². The fraction of sp³-hybridized carbons (Fsp3) is 0.536. The molecule has 2 amide bonds. The fourth-order valence-electron chi connectivity index (χ4n) is 7.18. The Balaban J connectivity index is 1.36. The predicted molar refractivity (Wildman–Crippen MR) is 133 cm³/mol. The molecule has 4 aliphatic rings. The third-order valence-electron chi connectivity index (χ3n) is 8.87. The van der Waals surface area contributed by atoms with Gasteiger partial charge >= 0.3 is 0 Å². The quantitative estimate of drug-likeness (QED) is 0.432. The first-order valence-corrected chi connectivity index (χ1v) is 12.8. The summed E-state index contributed by atoms with van der Waals surface area (Å²) in [6.45, 7) is 5.02. The van der Waals surface area contributed by atoms with Crippen LogP contribution in [-0.4, -0.2) is 38.9 Å². The van der Waals surface area contributed by atoms with Gasteiger partial charge in [-0.3, -0.25) is 14.4 Å². The van der Waals surface area contributed by atoms with Gasteiger partial charge in [0.1, 0.15) is 5.82 Å². The normalized spacial score (nSPS) is 28.6. The van der Waals surface area contributed by atoms with E-state index in [1.807, 2.05) is 0 Å². The lowest BCUT2D eigenvalue weighted by Crippen LogP contribution is -2.53. The number of rotatable bonds is 5. The van der Waals surface area contributed by atoms with Gasteiger partial charge in [-0.2, -0.15) is 0 Å². The van der Waals surface area contributed by atoms with E-state index in [1.54, 1.807) is 38.5 Å². The van der Waals surface area contributed by atoms with Gasteiger partial charge < -0.3 is 20.3 Å². The number of fused-ring (bicyclic) bond motifs is 1. The summed E-state index contributed by atoms with van der Waals surface area (Å²) in [5, 5.41) is 16.8. The Morgan fingerprint density at radius 1 is 1.11 bits per heavy atom. The summed E-state index contributed by atoms with van der Waals surface area (Å²) in [7, 11) is 1.67. The van der Waals surface area contributed by atoms with Gasteiger partial charge in [-0.05, 0) is 106 Å². The number of carbonyl (C=O) groups is 3. The lowest BCUT2D eigenvalue weighted by atomic mass is 9.64. The Hall–Kier alpha value is -3.00. The van der Waals surface area contributed by atoms with Crippen molar-refractivity contribution in [1.82, 2.24) is 9.88 Å². The minimum Gasteiger partial charge on any atom is -0.390 e. The summed E-state index contributed by atoms with van der Waals surface area (Å²) in [5.74, 6) is -1.15. The molecular formula is C28H34FN3O4. The number of hydrogen-bond donors (Lipinski definition) is 3. The number of nitrogens with one attached hydrogen (secondary N) is 2. The van der Waals surface area contributed by atoms with Crippen molar-refractivity contribution in [3.05, 3.63) is 52.1 Å². The minimum atomic E-state index is -0.666. The summed E-state index contributed by atoms with van der Waals surface area (Å²) >= 11 is 0. The van der Waals surface area contributed by atoms with E-state index in [2.05, 4.69) is 10.6 Å². The number of amides is 2. The molecule has 3 N–H and O–H groups in total. The summed E-state index contributed by atoms with van der Waals surface area (Å²) in [5.41, 5.74) is 1.73. The molecule has 3 unspecified atom stereocenters. The van der Waals surface area contributed by atoms with Crippen LogP contribution in [0, 0.1) is 44.3 Å². The Morgan fingerprint density at radius 2 is 1.83 bits per heavy atom. The van der Waals surface area contributed by atoms with E-state index in [0.29, 0.717) is 40.4 Å². The highest BCUT2D eigenvalue weighted by atomic mass is 19.1. The molecule has 5 atom stereocenters. The Morgan fingerprint density at radius 3 is 2.56 bits per heavy atom. The lowest BCUT2D eigenvalue weighted by Gasteiger charge is -2.46. The molecule has 36 heavy (non-hydrogen) atoms. The maximum Gasteiger partial charge on any atom is 0.294 e. The van der Waals surface area contributed by atoms with Gasteiger partial charge in [0.05, 0.1) is 16.9 Å². The topological polar surface area (TPSA) is 100 Å². The molecule has 0 spiro atoms. The molecule has 0 aliphatic heterocycles. The summed E-state index contributed by atoms with van der Waals surface area (Å²) in [6, 6.07) is 4.21. The van der Waals surface area contributed by atoms with Gasteiger partial charge in [-0.25, -0.2) is 4.39 Å². The van der Waals surface area contributed by atoms with E-state index in [4.69, 9.17) is 0 Å². The molecule has 4 saturated carbocycles. The van der Waals surface area contributed by atoms with Gasteiger partial charge in [0.15, 0.2) is 0 Å². The molecule has 2 aromatic rings. The van der Waals surface area contributed by atoms with E-state index in [-0.39, 0.29) is 29.4 Å². The standard InChI is InChI=1S/C28H34FN3O4/c1-14-9-20(5-6-21(14)29)30-26(34)22-15(2)24(32(4)16(22)3)25(33)27(35)31-23-18-7-8-28(36)12-17(10-18)11-19(23)13-28/h5-6,9,17-19,23,36H,7-8,10-13H2,1-4H3,(H,30,34)(H,31,35)/t17?,18?,19?,23-,28+/m0/s1. The molecular weight excluding hydrogens is 461 g/mol. The van der Waals surface area contributed by atoms with Crippen molar-refractivity contribution in [2.45, 2.75) is 70.9 Å². The monoisotopic (exact) mass is 495 g/mol. The van der Waals surface area contributed by atoms with Crippen LogP contribution >= 0.6 is 0 Å². The highest BCUT2D eigenvalue weighted by molar-refractivity contribution is 6.43. The lowest BCUT2D eigenvalue weighted by molar-refractivity contribution is -0.120. The number of aryl methyl sites for hydroxylation is 1. The van der Waals surface area contributed by atoms with Crippen LogP contribution in [0.3, 0.4) is 0 Å². The van der Waals surface area contributed by atoms with Crippen LogP contribution in [0.2, 0.25) is 0 Å². The van der Waals surface area contributed by atoms with Crippen molar-refractivity contribution < 1.29 is 23.9 Å². The van der Waals surface area contributed by atoms with Gasteiger partial charge in [-0.15, -0.1) is 0 Å². The smallest absolute Gasteiger partial charge is 0.294 e. The van der Waals surface area contributed by atoms with Crippen LogP contribution in [0.25, 0.3) is 0 Å². The maximum absolute atomic E-state index is 13.6. The predicted octanol–water partition coefficient (Wildman–Crippen LogP) is 3.97. The largest absolute Gasteiger partial charge is 0.390 e. The Bertz CT molecular complexity index is 1270. The molecule has 1 aromatic heterocycles. The number of Topliss-reactive ketones (excluding diaryl/α,β-unsaturated/α-hetero) is 1. The van der Waals surface area contributed by atoms with E-state index in [0.717, 1.165) is 32.1 Å². The number of carbonyl (C=O) groups excluding carboxylic acids is 3. The highest BCUT2D eigenvalue weighted by Crippen LogP contribution is 2.53. The first kappa shape index (κ1) is 24.7. The number of nitrogens with zero attached hydrogens (tertiary/aromatic N) is 1. The molecule has 1 heterocycles. The zero-order chi connectivity index (χ0) is 25.9. The first-order chi connectivity index (χ1) is 17.0. The van der Waals surface area contributed by atoms with Gasteiger partial charge in [0.25, 0.3) is 17.6 Å². The average Bonchev–Trinajstić information content (AvgIpc) is 2.90. The molecule has 1 aromatic carbocycles. The van der Waals surface area contributed by atoms with Crippen LogP contribution in [0.1, 0.15) is 76.2 Å². The number of aliphatic hydroxyl groups is 1. The summed E-state index contributed by atoms with van der Waals surface area (Å²) in [6.07, 6.45) is 5.10. The number of aromatic nitrogens is 1. The molecule has 4 aliphatic carbocycles. The van der Waals surface area contributed by atoms with Crippen LogP contribution in [0.4, 0.5) is 10.1 Å². The van der Waals surface area contributed by atoms with Crippen LogP contribution < -0.4 is 10.6 Å². The second kappa shape index (κ2) is 8.83. The first-order valence-electron chi connectivity index (χ1n) is 12.8. The van der Waals surface area contributed by atoms with Crippen molar-refractivity contribution in [3.8, 4) is 0 Å². The number of halogens is 1. The zero-order valence-electron chi connectivity index (χ0n) is 21.3. The minimum absolute atomic E-state index is 0.113. The van der Waals surface area contributed by atoms with Gasteiger partial charge in [0.2, 0.25) is 0 Å². The number of anilines is 1. The van der Waals surface area contributed by atoms with E-state index in [9.17, 15) is 23.9 Å². The Labute approximate surface area is 210 Å². The molecule has 6 rings (SSSR count). The van der Waals surface area contributed by atoms with Crippen molar-refractivity contribution in [3.63, 3.8) is 0 Å². The van der Waals surface area contributed by atoms with Crippen molar-refractivity contribution >= 4 is 23.3 Å². The molecule has 0 radical (unpaired) electrons. The van der Waals surface area contributed by atoms with Crippen molar-refractivity contribution in [2.75, 3.05) is 5.32 Å². The van der Waals surface area contributed by atoms with Crippen molar-refractivity contribution in [2.24, 2.45) is 24.8 Å². The third-order valence-corrected chi connectivity index (χ3v) is 8.87. The second-order valence-corrected chi connectivity index (χ2v) is 11.3. The van der Waals surface area contributed by atoms with E-state index in [1.165, 1.54) is 12.1 Å². The van der Waals surface area contributed by atoms with E-state index < -0.39 is 23.2 Å². The van der Waals surface area contributed by atoms with Crippen LogP contribution in [0.5, 0.6) is 0 Å². The van der Waals surface area contributed by atoms with Crippen molar-refractivity contribution in [1.29, 1.82) is 0 Å². The highest BCUT2D eigenvalue weighted by Gasteiger charge is 2.51. The van der Waals surface area contributed by atoms with Crippen LogP contribution in [0.15, 0.2) is 18.2 Å². The van der Waals surface area contributed by atoms with Crippen LogP contribution in [-0.2, 0) is 11.8 Å². The number of ketones is 1.